The van der Waals surface area contributed by atoms with Gasteiger partial charge >= 0.3 is 0 Å². The van der Waals surface area contributed by atoms with Gasteiger partial charge in [-0.15, -0.1) is 0 Å². The highest BCUT2D eigenvalue weighted by molar-refractivity contribution is 5.92. The van der Waals surface area contributed by atoms with Gasteiger partial charge in [-0.25, -0.2) is 0 Å². The molecule has 1 aromatic carbocycles. The largest absolute Gasteiger partial charge is 0.342 e. The molecule has 0 unspecified atom stereocenters. The molecule has 0 bridgehead atoms. The molecule has 3 rings (SSSR count). The van der Waals surface area contributed by atoms with E-state index in [1.807, 2.05) is 65.0 Å². The number of nitrogens with zero attached hydrogens (tertiary/aromatic N) is 4. The minimum absolute atomic E-state index is 0.00744. The first-order chi connectivity index (χ1) is 16.0. The summed E-state index contributed by atoms with van der Waals surface area (Å²) in [6, 6.07) is 9.79. The molecule has 7 heteroatoms. The van der Waals surface area contributed by atoms with Gasteiger partial charge < -0.3 is 14.7 Å². The van der Waals surface area contributed by atoms with Crippen molar-refractivity contribution >= 4 is 23.8 Å². The summed E-state index contributed by atoms with van der Waals surface area (Å²) >= 11 is 0. The fourth-order valence-electron chi connectivity index (χ4n) is 4.66. The molecule has 180 valence electrons. The molecule has 2 fully saturated rings. The Labute approximate surface area is 198 Å². The van der Waals surface area contributed by atoms with Crippen molar-refractivity contribution in [2.24, 2.45) is 5.92 Å². The summed E-state index contributed by atoms with van der Waals surface area (Å²) in [7, 11) is 0. The zero-order valence-corrected chi connectivity index (χ0v) is 20.1. The second kappa shape index (κ2) is 12.5. The number of hydrogen-bond donors (Lipinski definition) is 0. The smallest absolute Gasteiger partial charge is 0.246 e. The van der Waals surface area contributed by atoms with E-state index in [4.69, 9.17) is 0 Å². The molecule has 0 saturated carbocycles. The molecule has 3 amide bonds. The summed E-state index contributed by atoms with van der Waals surface area (Å²) in [6.07, 6.45) is 5.78. The lowest BCUT2D eigenvalue weighted by atomic mass is 9.95. The van der Waals surface area contributed by atoms with Gasteiger partial charge in [0.15, 0.2) is 0 Å². The number of piperidine rings is 1. The maximum Gasteiger partial charge on any atom is 0.246 e. The van der Waals surface area contributed by atoms with E-state index in [0.717, 1.165) is 44.7 Å². The number of benzene rings is 1. The first-order valence-electron chi connectivity index (χ1n) is 12.3. The van der Waals surface area contributed by atoms with Crippen molar-refractivity contribution in [1.29, 1.82) is 0 Å². The van der Waals surface area contributed by atoms with E-state index in [1.54, 1.807) is 6.08 Å². The summed E-state index contributed by atoms with van der Waals surface area (Å²) in [5, 5.41) is 0. The van der Waals surface area contributed by atoms with Crippen molar-refractivity contribution in [2.45, 2.75) is 33.1 Å². The molecule has 33 heavy (non-hydrogen) atoms. The normalized spacial score (nSPS) is 18.4. The van der Waals surface area contributed by atoms with Gasteiger partial charge in [0, 0.05) is 64.4 Å². The summed E-state index contributed by atoms with van der Waals surface area (Å²) in [4.78, 5) is 45.9. The Morgan fingerprint density at radius 2 is 1.61 bits per heavy atom. The van der Waals surface area contributed by atoms with Gasteiger partial charge in [0.1, 0.15) is 0 Å². The van der Waals surface area contributed by atoms with Crippen LogP contribution in [0.4, 0.5) is 0 Å². The van der Waals surface area contributed by atoms with Crippen LogP contribution >= 0.6 is 0 Å². The predicted molar refractivity (Wildman–Crippen MR) is 130 cm³/mol. The number of likely N-dealkylation sites (tertiary alicyclic amines) is 1. The predicted octanol–water partition coefficient (Wildman–Crippen LogP) is 2.34. The number of carbonyl (C=O) groups excluding carboxylic acids is 3. The van der Waals surface area contributed by atoms with Crippen molar-refractivity contribution in [3.8, 4) is 0 Å². The summed E-state index contributed by atoms with van der Waals surface area (Å²) in [5.74, 6) is 0.362. The van der Waals surface area contributed by atoms with E-state index in [1.165, 1.54) is 0 Å². The molecule has 2 aliphatic rings. The Morgan fingerprint density at radius 3 is 2.27 bits per heavy atom. The fourth-order valence-corrected chi connectivity index (χ4v) is 4.66. The monoisotopic (exact) mass is 454 g/mol. The number of likely N-dealkylation sites (N-methyl/N-ethyl adjacent to an activating group) is 1. The zero-order chi connectivity index (χ0) is 23.6. The lowest BCUT2D eigenvalue weighted by Gasteiger charge is -2.33. The van der Waals surface area contributed by atoms with E-state index in [0.29, 0.717) is 39.0 Å². The minimum Gasteiger partial charge on any atom is -0.342 e. The van der Waals surface area contributed by atoms with Gasteiger partial charge in [0.05, 0.1) is 6.54 Å². The van der Waals surface area contributed by atoms with E-state index in [-0.39, 0.29) is 23.6 Å². The molecule has 0 spiro atoms. The Hall–Kier alpha value is -2.67. The third-order valence-electron chi connectivity index (χ3n) is 6.75. The second-order valence-corrected chi connectivity index (χ2v) is 8.86. The maximum absolute atomic E-state index is 13.1. The molecule has 0 aromatic heterocycles. The van der Waals surface area contributed by atoms with Crippen molar-refractivity contribution in [3.05, 3.63) is 42.0 Å². The van der Waals surface area contributed by atoms with Crippen LogP contribution in [-0.2, 0) is 14.4 Å². The lowest BCUT2D eigenvalue weighted by Crippen LogP contribution is -2.45. The van der Waals surface area contributed by atoms with Crippen molar-refractivity contribution in [3.63, 3.8) is 0 Å². The van der Waals surface area contributed by atoms with Crippen LogP contribution in [0, 0.1) is 5.92 Å². The molecule has 0 N–H and O–H groups in total. The Balaban J connectivity index is 1.44. The van der Waals surface area contributed by atoms with E-state index >= 15 is 0 Å². The zero-order valence-electron chi connectivity index (χ0n) is 20.1. The molecular formula is C26H38N4O3. The molecule has 0 aliphatic carbocycles. The second-order valence-electron chi connectivity index (χ2n) is 8.86. The van der Waals surface area contributed by atoms with Gasteiger partial charge in [-0.05, 0) is 44.7 Å². The van der Waals surface area contributed by atoms with Gasteiger partial charge in [-0.2, -0.15) is 0 Å². The standard InChI is InChI=1S/C26H38N4O3/c1-3-28(4-2)25(32)21-27-15-8-16-30(20-19-27)26(33)23-13-17-29(18-14-23)24(31)12-11-22-9-6-5-7-10-22/h5-7,9-12,23H,3-4,8,13-21H2,1-2H3/b12-11+. The fraction of sp³-hybridized carbons (Fsp3) is 0.577. The van der Waals surface area contributed by atoms with E-state index in [9.17, 15) is 14.4 Å². The van der Waals surface area contributed by atoms with Crippen LogP contribution in [-0.4, -0.2) is 96.2 Å². The molecular weight excluding hydrogens is 416 g/mol. The molecule has 2 saturated heterocycles. The molecule has 1 aromatic rings. The average Bonchev–Trinajstić information content (AvgIpc) is 3.09. The lowest BCUT2D eigenvalue weighted by molar-refractivity contribution is -0.139. The maximum atomic E-state index is 13.1. The number of amides is 3. The molecule has 0 atom stereocenters. The third kappa shape index (κ3) is 7.16. The van der Waals surface area contributed by atoms with Crippen LogP contribution in [0.3, 0.4) is 0 Å². The Morgan fingerprint density at radius 1 is 0.909 bits per heavy atom. The van der Waals surface area contributed by atoms with E-state index < -0.39 is 0 Å². The van der Waals surface area contributed by atoms with Crippen LogP contribution in [0.1, 0.15) is 38.7 Å². The quantitative estimate of drug-likeness (QED) is 0.594. The van der Waals surface area contributed by atoms with Crippen molar-refractivity contribution < 1.29 is 14.4 Å². The summed E-state index contributed by atoms with van der Waals surface area (Å²) in [5.41, 5.74) is 1.00. The molecule has 0 radical (unpaired) electrons. The summed E-state index contributed by atoms with van der Waals surface area (Å²) < 4.78 is 0. The van der Waals surface area contributed by atoms with Crippen LogP contribution < -0.4 is 0 Å². The highest BCUT2D eigenvalue weighted by Crippen LogP contribution is 2.21. The number of hydrogen-bond acceptors (Lipinski definition) is 4. The molecule has 7 nitrogen and oxygen atoms in total. The average molecular weight is 455 g/mol. The SMILES string of the molecule is CCN(CC)C(=O)CN1CCCN(C(=O)C2CCN(C(=O)/C=C/c3ccccc3)CC2)CC1. The Bertz CT molecular complexity index is 814. The van der Waals surface area contributed by atoms with Crippen molar-refractivity contribution in [2.75, 3.05) is 58.9 Å². The van der Waals surface area contributed by atoms with E-state index in [2.05, 4.69) is 4.90 Å². The highest BCUT2D eigenvalue weighted by atomic mass is 16.2. The number of rotatable bonds is 7. The number of carbonyl (C=O) groups is 3. The third-order valence-corrected chi connectivity index (χ3v) is 6.75. The summed E-state index contributed by atoms with van der Waals surface area (Å²) in [6.45, 7) is 10.1. The highest BCUT2D eigenvalue weighted by Gasteiger charge is 2.31. The Kier molecular flexibility index (Phi) is 9.48. The van der Waals surface area contributed by atoms with Crippen LogP contribution in [0.25, 0.3) is 6.08 Å². The first kappa shape index (κ1) is 25.0. The van der Waals surface area contributed by atoms with Crippen LogP contribution in [0.2, 0.25) is 0 Å². The minimum atomic E-state index is -0.0176. The van der Waals surface area contributed by atoms with Gasteiger partial charge in [-0.1, -0.05) is 30.3 Å². The van der Waals surface area contributed by atoms with Crippen molar-refractivity contribution in [1.82, 2.24) is 19.6 Å². The van der Waals surface area contributed by atoms with Crippen LogP contribution in [0.15, 0.2) is 36.4 Å². The topological polar surface area (TPSA) is 64.2 Å². The van der Waals surface area contributed by atoms with Gasteiger partial charge in [-0.3, -0.25) is 19.3 Å². The van der Waals surface area contributed by atoms with Crippen LogP contribution in [0.5, 0.6) is 0 Å². The first-order valence-corrected chi connectivity index (χ1v) is 12.3. The van der Waals surface area contributed by atoms with Gasteiger partial charge in [0.25, 0.3) is 0 Å². The molecule has 2 heterocycles. The molecule has 2 aliphatic heterocycles. The van der Waals surface area contributed by atoms with Gasteiger partial charge in [0.2, 0.25) is 17.7 Å².